The van der Waals surface area contributed by atoms with Gasteiger partial charge in [0.15, 0.2) is 0 Å². The lowest BCUT2D eigenvalue weighted by molar-refractivity contribution is -0.133. The summed E-state index contributed by atoms with van der Waals surface area (Å²) in [6.45, 7) is 2.34. The van der Waals surface area contributed by atoms with Gasteiger partial charge < -0.3 is 10.1 Å². The molecule has 2 heterocycles. The van der Waals surface area contributed by atoms with Crippen LogP contribution in [0.15, 0.2) is 6.20 Å². The van der Waals surface area contributed by atoms with Gasteiger partial charge in [0, 0.05) is 6.61 Å². The van der Waals surface area contributed by atoms with Crippen LogP contribution in [0.5, 0.6) is 0 Å². The summed E-state index contributed by atoms with van der Waals surface area (Å²) in [5.41, 5.74) is -0.479. The Bertz CT molecular complexity index is 440. The van der Waals surface area contributed by atoms with Gasteiger partial charge in [-0.25, -0.2) is 0 Å². The smallest absolute Gasteiger partial charge is 0.257 e. The van der Waals surface area contributed by atoms with Crippen molar-refractivity contribution >= 4 is 11.7 Å². The molecule has 0 bridgehead atoms. The van der Waals surface area contributed by atoms with Crippen molar-refractivity contribution in [2.45, 2.75) is 25.4 Å². The predicted molar refractivity (Wildman–Crippen MR) is 55.5 cm³/mol. The average molecular weight is 220 g/mol. The second-order valence-electron chi connectivity index (χ2n) is 3.91. The Morgan fingerprint density at radius 1 is 1.81 bits per heavy atom. The number of nitrogens with zero attached hydrogens (tertiary/aromatic N) is 2. The first-order chi connectivity index (χ1) is 7.65. The topological polar surface area (TPSA) is 90.8 Å². The Labute approximate surface area is 92.6 Å². The van der Waals surface area contributed by atoms with Crippen LogP contribution in [0, 0.1) is 11.3 Å². The molecule has 0 radical (unpaired) electrons. The molecule has 1 amide bonds. The van der Waals surface area contributed by atoms with Gasteiger partial charge in [0.05, 0.1) is 6.20 Å². The van der Waals surface area contributed by atoms with E-state index in [4.69, 9.17) is 10.00 Å². The number of aromatic amines is 1. The molecule has 1 saturated heterocycles. The highest BCUT2D eigenvalue weighted by Gasteiger charge is 2.38. The van der Waals surface area contributed by atoms with Crippen LogP contribution < -0.4 is 5.32 Å². The summed E-state index contributed by atoms with van der Waals surface area (Å²) in [6.07, 6.45) is 2.93. The molecule has 0 saturated carbocycles. The standard InChI is InChI=1S/C10H12N4O2/c1-10(3-2-4-16-10)9(15)13-8-7(5-11)6-12-14-8/h6H,2-4H2,1H3,(H2,12,13,14,15). The zero-order valence-corrected chi connectivity index (χ0v) is 8.91. The number of anilines is 1. The van der Waals surface area contributed by atoms with Gasteiger partial charge in [-0.05, 0) is 19.8 Å². The summed E-state index contributed by atoms with van der Waals surface area (Å²) < 4.78 is 5.40. The van der Waals surface area contributed by atoms with Gasteiger partial charge in [0.25, 0.3) is 5.91 Å². The SMILES string of the molecule is CC1(C(=O)Nc2[nH]ncc2C#N)CCCO1. The minimum Gasteiger partial charge on any atom is -0.365 e. The Morgan fingerprint density at radius 3 is 3.25 bits per heavy atom. The highest BCUT2D eigenvalue weighted by atomic mass is 16.5. The molecular weight excluding hydrogens is 208 g/mol. The molecule has 1 atom stereocenters. The number of ether oxygens (including phenoxy) is 1. The number of hydrogen-bond donors (Lipinski definition) is 2. The molecule has 1 aliphatic rings. The minimum atomic E-state index is -0.794. The third-order valence-corrected chi connectivity index (χ3v) is 2.70. The Balaban J connectivity index is 2.11. The molecule has 1 aliphatic heterocycles. The van der Waals surface area contributed by atoms with Gasteiger partial charge in [0.2, 0.25) is 0 Å². The minimum absolute atomic E-state index is 0.245. The number of nitrogens with one attached hydrogen (secondary N) is 2. The fraction of sp³-hybridized carbons (Fsp3) is 0.500. The van der Waals surface area contributed by atoms with Crippen LogP contribution >= 0.6 is 0 Å². The number of carbonyl (C=O) groups is 1. The van der Waals surface area contributed by atoms with E-state index in [9.17, 15) is 4.79 Å². The monoisotopic (exact) mass is 220 g/mol. The first kappa shape index (κ1) is 10.6. The first-order valence-corrected chi connectivity index (χ1v) is 5.04. The third-order valence-electron chi connectivity index (χ3n) is 2.70. The molecule has 1 unspecified atom stereocenters. The molecule has 6 heteroatoms. The molecule has 1 aromatic rings. The number of aromatic nitrogens is 2. The fourth-order valence-electron chi connectivity index (χ4n) is 1.67. The highest BCUT2D eigenvalue weighted by Crippen LogP contribution is 2.26. The van der Waals surface area contributed by atoms with Crippen molar-refractivity contribution in [3.63, 3.8) is 0 Å². The van der Waals surface area contributed by atoms with Gasteiger partial charge >= 0.3 is 0 Å². The van der Waals surface area contributed by atoms with Gasteiger partial charge in [0.1, 0.15) is 23.1 Å². The molecular formula is C10H12N4O2. The van der Waals surface area contributed by atoms with Crippen LogP contribution in [-0.2, 0) is 9.53 Å². The summed E-state index contributed by atoms with van der Waals surface area (Å²) in [7, 11) is 0. The number of hydrogen-bond acceptors (Lipinski definition) is 4. The Kier molecular flexibility index (Phi) is 2.62. The van der Waals surface area contributed by atoms with Crippen molar-refractivity contribution in [1.29, 1.82) is 5.26 Å². The van der Waals surface area contributed by atoms with Crippen LogP contribution in [0.4, 0.5) is 5.82 Å². The lowest BCUT2D eigenvalue weighted by atomic mass is 10.0. The van der Waals surface area contributed by atoms with Crippen molar-refractivity contribution in [1.82, 2.24) is 10.2 Å². The predicted octanol–water partition coefficient (Wildman–Crippen LogP) is 0.789. The molecule has 2 rings (SSSR count). The van der Waals surface area contributed by atoms with E-state index < -0.39 is 5.60 Å². The number of rotatable bonds is 2. The first-order valence-electron chi connectivity index (χ1n) is 5.04. The summed E-state index contributed by atoms with van der Waals surface area (Å²) in [6, 6.07) is 1.93. The summed E-state index contributed by atoms with van der Waals surface area (Å²) in [5, 5.41) is 17.6. The molecule has 1 aromatic heterocycles. The van der Waals surface area contributed by atoms with Crippen LogP contribution in [-0.4, -0.2) is 28.3 Å². The lowest BCUT2D eigenvalue weighted by Gasteiger charge is -2.21. The van der Waals surface area contributed by atoms with Gasteiger partial charge in [-0.3, -0.25) is 9.89 Å². The van der Waals surface area contributed by atoms with Crippen LogP contribution in [0.1, 0.15) is 25.3 Å². The molecule has 84 valence electrons. The van der Waals surface area contributed by atoms with E-state index in [1.165, 1.54) is 6.20 Å². The summed E-state index contributed by atoms with van der Waals surface area (Å²) in [4.78, 5) is 11.9. The number of carbonyl (C=O) groups excluding carboxylic acids is 1. The number of H-pyrrole nitrogens is 1. The van der Waals surface area contributed by atoms with Crippen LogP contribution in [0.25, 0.3) is 0 Å². The van der Waals surface area contributed by atoms with Crippen LogP contribution in [0.2, 0.25) is 0 Å². The highest BCUT2D eigenvalue weighted by molar-refractivity contribution is 5.97. The van der Waals surface area contributed by atoms with Gasteiger partial charge in [-0.1, -0.05) is 0 Å². The molecule has 0 aromatic carbocycles. The lowest BCUT2D eigenvalue weighted by Crippen LogP contribution is -2.39. The molecule has 2 N–H and O–H groups in total. The summed E-state index contributed by atoms with van der Waals surface area (Å²) in [5.74, 6) is 0.0787. The van der Waals surface area contributed by atoms with E-state index >= 15 is 0 Å². The maximum atomic E-state index is 11.9. The molecule has 0 spiro atoms. The zero-order chi connectivity index (χ0) is 11.6. The van der Waals surface area contributed by atoms with E-state index in [-0.39, 0.29) is 5.91 Å². The molecule has 16 heavy (non-hydrogen) atoms. The maximum absolute atomic E-state index is 11.9. The quantitative estimate of drug-likeness (QED) is 0.770. The number of amides is 1. The number of nitriles is 1. The Morgan fingerprint density at radius 2 is 2.62 bits per heavy atom. The zero-order valence-electron chi connectivity index (χ0n) is 8.91. The van der Waals surface area contributed by atoms with E-state index in [1.54, 1.807) is 6.92 Å². The largest absolute Gasteiger partial charge is 0.365 e. The average Bonchev–Trinajstić information content (AvgIpc) is 2.87. The summed E-state index contributed by atoms with van der Waals surface area (Å²) >= 11 is 0. The van der Waals surface area contributed by atoms with Crippen LogP contribution in [0.3, 0.4) is 0 Å². The maximum Gasteiger partial charge on any atom is 0.257 e. The van der Waals surface area contributed by atoms with E-state index in [0.29, 0.717) is 24.4 Å². The fourth-order valence-corrected chi connectivity index (χ4v) is 1.67. The molecule has 0 aliphatic carbocycles. The van der Waals surface area contributed by atoms with Crippen molar-refractivity contribution in [2.24, 2.45) is 0 Å². The van der Waals surface area contributed by atoms with Crippen molar-refractivity contribution in [2.75, 3.05) is 11.9 Å². The van der Waals surface area contributed by atoms with E-state index in [2.05, 4.69) is 15.5 Å². The van der Waals surface area contributed by atoms with Crippen molar-refractivity contribution < 1.29 is 9.53 Å². The third kappa shape index (κ3) is 1.77. The Hall–Kier alpha value is -1.87. The van der Waals surface area contributed by atoms with E-state index in [0.717, 1.165) is 6.42 Å². The van der Waals surface area contributed by atoms with Gasteiger partial charge in [-0.2, -0.15) is 10.4 Å². The van der Waals surface area contributed by atoms with E-state index in [1.807, 2.05) is 6.07 Å². The molecule has 1 fully saturated rings. The van der Waals surface area contributed by atoms with Crippen molar-refractivity contribution in [3.05, 3.63) is 11.8 Å². The molecule has 6 nitrogen and oxygen atoms in total. The second-order valence-corrected chi connectivity index (χ2v) is 3.91. The normalized spacial score (nSPS) is 24.0. The second kappa shape index (κ2) is 3.94. The van der Waals surface area contributed by atoms with Crippen molar-refractivity contribution in [3.8, 4) is 6.07 Å². The van der Waals surface area contributed by atoms with Gasteiger partial charge in [-0.15, -0.1) is 0 Å².